The van der Waals surface area contributed by atoms with E-state index in [0.29, 0.717) is 18.6 Å². The average Bonchev–Trinajstić information content (AvgIpc) is 2.68. The van der Waals surface area contributed by atoms with Crippen LogP contribution in [0.2, 0.25) is 0 Å². The van der Waals surface area contributed by atoms with E-state index in [1.54, 1.807) is 18.2 Å². The van der Waals surface area contributed by atoms with Gasteiger partial charge in [0.1, 0.15) is 0 Å². The molecule has 2 rings (SSSR count). The SMILES string of the molecule is CC1OCCC1(C)NS(=O)(=O)c1ccccc1CO. The van der Waals surface area contributed by atoms with Crippen LogP contribution in [0.15, 0.2) is 29.2 Å². The van der Waals surface area contributed by atoms with Crippen LogP contribution in [0.3, 0.4) is 0 Å². The van der Waals surface area contributed by atoms with E-state index in [1.165, 1.54) is 6.07 Å². The summed E-state index contributed by atoms with van der Waals surface area (Å²) in [6.07, 6.45) is 0.456. The Morgan fingerprint density at radius 2 is 2.16 bits per heavy atom. The van der Waals surface area contributed by atoms with Crippen molar-refractivity contribution in [3.8, 4) is 0 Å². The standard InChI is InChI=1S/C13H19NO4S/c1-10-13(2,7-8-18-10)14-19(16,17)12-6-4-3-5-11(12)9-15/h3-6,10,14-15H,7-9H2,1-2H3. The Bertz CT molecular complexity index is 558. The van der Waals surface area contributed by atoms with Gasteiger partial charge in [0, 0.05) is 6.61 Å². The summed E-state index contributed by atoms with van der Waals surface area (Å²) < 4.78 is 33.0. The molecule has 1 fully saturated rings. The lowest BCUT2D eigenvalue weighted by Gasteiger charge is -2.28. The first-order valence-corrected chi connectivity index (χ1v) is 7.72. The molecule has 0 bridgehead atoms. The van der Waals surface area contributed by atoms with Crippen LogP contribution in [0.1, 0.15) is 25.8 Å². The Kier molecular flexibility index (Phi) is 3.96. The molecule has 0 amide bonds. The Labute approximate surface area is 113 Å². The van der Waals surface area contributed by atoms with Crippen molar-refractivity contribution in [3.05, 3.63) is 29.8 Å². The van der Waals surface area contributed by atoms with E-state index in [1.807, 2.05) is 13.8 Å². The molecule has 1 aromatic carbocycles. The Hall–Kier alpha value is -0.950. The summed E-state index contributed by atoms with van der Waals surface area (Å²) in [6, 6.07) is 6.45. The molecule has 1 aliphatic heterocycles. The van der Waals surface area contributed by atoms with Crippen LogP contribution >= 0.6 is 0 Å². The van der Waals surface area contributed by atoms with E-state index >= 15 is 0 Å². The fraction of sp³-hybridized carbons (Fsp3) is 0.538. The minimum Gasteiger partial charge on any atom is -0.392 e. The molecule has 0 saturated carbocycles. The van der Waals surface area contributed by atoms with Gasteiger partial charge in [0.05, 0.1) is 23.1 Å². The fourth-order valence-electron chi connectivity index (χ4n) is 2.23. The second-order valence-corrected chi connectivity index (χ2v) is 6.70. The number of hydrogen-bond donors (Lipinski definition) is 2. The second-order valence-electron chi connectivity index (χ2n) is 5.05. The topological polar surface area (TPSA) is 75.6 Å². The Morgan fingerprint density at radius 1 is 1.47 bits per heavy atom. The van der Waals surface area contributed by atoms with Crippen LogP contribution in [-0.4, -0.2) is 31.8 Å². The van der Waals surface area contributed by atoms with E-state index in [4.69, 9.17) is 4.74 Å². The zero-order valence-electron chi connectivity index (χ0n) is 11.1. The average molecular weight is 285 g/mol. The number of aliphatic hydroxyl groups excluding tert-OH is 1. The van der Waals surface area contributed by atoms with Crippen molar-refractivity contribution in [2.45, 2.75) is 43.4 Å². The van der Waals surface area contributed by atoms with Gasteiger partial charge in [0.15, 0.2) is 0 Å². The minimum atomic E-state index is -3.67. The van der Waals surface area contributed by atoms with Gasteiger partial charge in [-0.1, -0.05) is 18.2 Å². The molecule has 19 heavy (non-hydrogen) atoms. The zero-order chi connectivity index (χ0) is 14.1. The summed E-state index contributed by atoms with van der Waals surface area (Å²) in [6.45, 7) is 3.93. The lowest BCUT2D eigenvalue weighted by Crippen LogP contribution is -2.50. The number of rotatable bonds is 4. The van der Waals surface area contributed by atoms with Crippen LogP contribution in [0.25, 0.3) is 0 Å². The number of aliphatic hydroxyl groups is 1. The third-order valence-corrected chi connectivity index (χ3v) is 5.40. The summed E-state index contributed by atoms with van der Waals surface area (Å²) >= 11 is 0. The largest absolute Gasteiger partial charge is 0.392 e. The summed E-state index contributed by atoms with van der Waals surface area (Å²) in [5.74, 6) is 0. The molecule has 1 heterocycles. The minimum absolute atomic E-state index is 0.123. The smallest absolute Gasteiger partial charge is 0.241 e. The number of ether oxygens (including phenoxy) is 1. The highest BCUT2D eigenvalue weighted by Gasteiger charge is 2.40. The van der Waals surface area contributed by atoms with Gasteiger partial charge in [0.2, 0.25) is 10.0 Å². The molecule has 0 aromatic heterocycles. The summed E-state index contributed by atoms with van der Waals surface area (Å²) in [5.41, 5.74) is -0.216. The Balaban J connectivity index is 2.33. The van der Waals surface area contributed by atoms with Crippen molar-refractivity contribution in [3.63, 3.8) is 0 Å². The monoisotopic (exact) mass is 285 g/mol. The molecule has 1 aromatic rings. The maximum atomic E-state index is 12.4. The van der Waals surface area contributed by atoms with Gasteiger partial charge >= 0.3 is 0 Å². The van der Waals surface area contributed by atoms with Crippen LogP contribution in [0, 0.1) is 0 Å². The quantitative estimate of drug-likeness (QED) is 0.866. The van der Waals surface area contributed by atoms with E-state index in [-0.39, 0.29) is 17.6 Å². The van der Waals surface area contributed by atoms with Crippen molar-refractivity contribution >= 4 is 10.0 Å². The van der Waals surface area contributed by atoms with Crippen molar-refractivity contribution in [2.24, 2.45) is 0 Å². The van der Waals surface area contributed by atoms with Crippen molar-refractivity contribution in [2.75, 3.05) is 6.61 Å². The van der Waals surface area contributed by atoms with Gasteiger partial charge in [0.25, 0.3) is 0 Å². The molecule has 1 aliphatic rings. The van der Waals surface area contributed by atoms with Gasteiger partial charge in [-0.25, -0.2) is 13.1 Å². The molecular weight excluding hydrogens is 266 g/mol. The molecule has 6 heteroatoms. The third kappa shape index (κ3) is 2.81. The molecule has 106 valence electrons. The van der Waals surface area contributed by atoms with Crippen LogP contribution in [0.4, 0.5) is 0 Å². The highest BCUT2D eigenvalue weighted by atomic mass is 32.2. The van der Waals surface area contributed by atoms with E-state index in [2.05, 4.69) is 4.72 Å². The third-order valence-electron chi connectivity index (χ3n) is 3.69. The van der Waals surface area contributed by atoms with Gasteiger partial charge < -0.3 is 9.84 Å². The highest BCUT2D eigenvalue weighted by Crippen LogP contribution is 2.28. The molecule has 1 saturated heterocycles. The first-order chi connectivity index (χ1) is 8.89. The summed E-state index contributed by atoms with van der Waals surface area (Å²) in [7, 11) is -3.67. The van der Waals surface area contributed by atoms with E-state index in [0.717, 1.165) is 0 Å². The normalized spacial score (nSPS) is 27.6. The van der Waals surface area contributed by atoms with E-state index in [9.17, 15) is 13.5 Å². The van der Waals surface area contributed by atoms with Crippen molar-refractivity contribution in [1.29, 1.82) is 0 Å². The predicted octanol–water partition coefficient (Wildman–Crippen LogP) is 1.02. The zero-order valence-corrected chi connectivity index (χ0v) is 11.9. The predicted molar refractivity (Wildman–Crippen MR) is 71.1 cm³/mol. The second kappa shape index (κ2) is 5.20. The van der Waals surface area contributed by atoms with Crippen LogP contribution in [-0.2, 0) is 21.4 Å². The molecule has 2 N–H and O–H groups in total. The van der Waals surface area contributed by atoms with Crippen LogP contribution < -0.4 is 4.72 Å². The molecular formula is C13H19NO4S. The molecule has 5 nitrogen and oxygen atoms in total. The molecule has 2 atom stereocenters. The maximum absolute atomic E-state index is 12.4. The fourth-order valence-corrected chi connectivity index (χ4v) is 3.95. The molecule has 2 unspecified atom stereocenters. The summed E-state index contributed by atoms with van der Waals surface area (Å²) in [5, 5.41) is 9.24. The number of benzene rings is 1. The molecule has 0 spiro atoms. The summed E-state index contributed by atoms with van der Waals surface area (Å²) in [4.78, 5) is 0.123. The van der Waals surface area contributed by atoms with Crippen molar-refractivity contribution in [1.82, 2.24) is 4.72 Å². The first kappa shape index (κ1) is 14.5. The van der Waals surface area contributed by atoms with Crippen molar-refractivity contribution < 1.29 is 18.3 Å². The molecule has 0 aliphatic carbocycles. The van der Waals surface area contributed by atoms with Gasteiger partial charge in [-0.05, 0) is 31.9 Å². The maximum Gasteiger partial charge on any atom is 0.241 e. The van der Waals surface area contributed by atoms with Gasteiger partial charge in [-0.15, -0.1) is 0 Å². The number of nitrogens with one attached hydrogen (secondary N) is 1. The number of hydrogen-bond acceptors (Lipinski definition) is 4. The lowest BCUT2D eigenvalue weighted by molar-refractivity contribution is 0.0957. The number of sulfonamides is 1. The molecule has 0 radical (unpaired) electrons. The first-order valence-electron chi connectivity index (χ1n) is 6.23. The van der Waals surface area contributed by atoms with E-state index < -0.39 is 15.6 Å². The van der Waals surface area contributed by atoms with Gasteiger partial charge in [-0.3, -0.25) is 0 Å². The van der Waals surface area contributed by atoms with Gasteiger partial charge in [-0.2, -0.15) is 0 Å². The van der Waals surface area contributed by atoms with Crippen LogP contribution in [0.5, 0.6) is 0 Å². The highest BCUT2D eigenvalue weighted by molar-refractivity contribution is 7.89. The lowest BCUT2D eigenvalue weighted by atomic mass is 9.97. The Morgan fingerprint density at radius 3 is 2.74 bits per heavy atom.